The fourth-order valence-corrected chi connectivity index (χ4v) is 0.792. The van der Waals surface area contributed by atoms with Crippen LogP contribution in [0.15, 0.2) is 0 Å². The number of carbonyl (C=O) groups excluding carboxylic acids is 1. The van der Waals surface area contributed by atoms with Crippen LogP contribution in [0.25, 0.3) is 0 Å². The van der Waals surface area contributed by atoms with Crippen molar-refractivity contribution in [2.45, 2.75) is 52.5 Å². The third-order valence-corrected chi connectivity index (χ3v) is 2.62. The van der Waals surface area contributed by atoms with Crippen LogP contribution in [0.2, 0.25) is 0 Å². The van der Waals surface area contributed by atoms with Crippen LogP contribution in [0, 0.1) is 5.41 Å². The van der Waals surface area contributed by atoms with E-state index >= 15 is 0 Å². The number of ether oxygens (including phenoxy) is 2. The molecule has 0 radical (unpaired) electrons. The zero-order valence-electron chi connectivity index (χ0n) is 11.1. The molecule has 0 rings (SSSR count). The summed E-state index contributed by atoms with van der Waals surface area (Å²) in [7, 11) is 0. The molecule has 0 aromatic carbocycles. The van der Waals surface area contributed by atoms with Crippen LogP contribution in [0.1, 0.15) is 34.1 Å². The second-order valence-electron chi connectivity index (χ2n) is 4.72. The third-order valence-electron chi connectivity index (χ3n) is 2.62. The third kappa shape index (κ3) is 5.30. The molecule has 0 aliphatic carbocycles. The van der Waals surface area contributed by atoms with E-state index in [9.17, 15) is 26.7 Å². The Kier molecular flexibility index (Phi) is 5.73. The highest BCUT2D eigenvalue weighted by Gasteiger charge is 2.57. The largest absolute Gasteiger partial charge is 0.455 e. The van der Waals surface area contributed by atoms with Gasteiger partial charge in [-0.15, -0.1) is 0 Å². The summed E-state index contributed by atoms with van der Waals surface area (Å²) in [4.78, 5) is 11.5. The highest BCUT2D eigenvalue weighted by Crippen LogP contribution is 2.35. The first-order valence-electron chi connectivity index (χ1n) is 5.60. The molecule has 0 amide bonds. The van der Waals surface area contributed by atoms with Crippen molar-refractivity contribution in [2.24, 2.45) is 5.41 Å². The van der Waals surface area contributed by atoms with Crippen LogP contribution >= 0.6 is 0 Å². The molecule has 1 atom stereocenters. The maximum absolute atomic E-state index is 12.5. The van der Waals surface area contributed by atoms with Crippen LogP contribution < -0.4 is 0 Å². The second-order valence-corrected chi connectivity index (χ2v) is 4.72. The molecule has 0 spiro atoms. The quantitative estimate of drug-likeness (QED) is 0.427. The van der Waals surface area contributed by atoms with Crippen molar-refractivity contribution in [1.29, 1.82) is 0 Å². The van der Waals surface area contributed by atoms with Crippen molar-refractivity contribution < 1.29 is 36.2 Å². The molecule has 0 aliphatic heterocycles. The van der Waals surface area contributed by atoms with E-state index in [0.717, 1.165) is 6.92 Å². The summed E-state index contributed by atoms with van der Waals surface area (Å²) in [5, 5.41) is 0. The molecule has 19 heavy (non-hydrogen) atoms. The summed E-state index contributed by atoms with van der Waals surface area (Å²) in [6.45, 7) is 4.02. The van der Waals surface area contributed by atoms with E-state index in [4.69, 9.17) is 0 Å². The number of halogens is 5. The maximum Gasteiger partial charge on any atom is 0.455 e. The van der Waals surface area contributed by atoms with E-state index in [0.29, 0.717) is 6.42 Å². The van der Waals surface area contributed by atoms with Crippen molar-refractivity contribution in [1.82, 2.24) is 0 Å². The molecule has 3 nitrogen and oxygen atoms in total. The summed E-state index contributed by atoms with van der Waals surface area (Å²) in [6, 6.07) is 0. The number of carbonyl (C=O) groups is 1. The number of hydrogen-bond acceptors (Lipinski definition) is 3. The molecule has 0 N–H and O–H groups in total. The summed E-state index contributed by atoms with van der Waals surface area (Å²) in [5.74, 6) is -5.70. The highest BCUT2D eigenvalue weighted by molar-refractivity contribution is 5.75. The Bertz CT molecular complexity index is 312. The van der Waals surface area contributed by atoms with Gasteiger partial charge in [0, 0.05) is 0 Å². The van der Waals surface area contributed by atoms with Crippen molar-refractivity contribution in [3.05, 3.63) is 0 Å². The van der Waals surface area contributed by atoms with Crippen molar-refractivity contribution in [2.75, 3.05) is 6.61 Å². The predicted octanol–water partition coefficient (Wildman–Crippen LogP) is 3.53. The standard InChI is InChI=1S/C11H17F5O3/c1-5-9(3,4)8(17)19-7(2)18-6-10(12,13)11(14,15)16/h7H,5-6H2,1-4H3. The minimum atomic E-state index is -5.70. The van der Waals surface area contributed by atoms with E-state index in [1.807, 2.05) is 0 Å². The van der Waals surface area contributed by atoms with Crippen molar-refractivity contribution >= 4 is 5.97 Å². The molecular formula is C11H17F5O3. The smallest absolute Gasteiger partial charge is 0.436 e. The summed E-state index contributed by atoms with van der Waals surface area (Å²) in [5.41, 5.74) is -0.857. The van der Waals surface area contributed by atoms with Gasteiger partial charge in [0.05, 0.1) is 5.41 Å². The number of rotatable bonds is 6. The average molecular weight is 292 g/mol. The number of hydrogen-bond donors (Lipinski definition) is 0. The normalized spacial score (nSPS) is 15.2. The lowest BCUT2D eigenvalue weighted by molar-refractivity contribution is -0.307. The molecule has 0 bridgehead atoms. The van der Waals surface area contributed by atoms with Gasteiger partial charge >= 0.3 is 18.1 Å². The van der Waals surface area contributed by atoms with Gasteiger partial charge in [-0.05, 0) is 27.2 Å². The van der Waals surface area contributed by atoms with Crippen LogP contribution in [0.4, 0.5) is 22.0 Å². The van der Waals surface area contributed by atoms with Crippen molar-refractivity contribution in [3.63, 3.8) is 0 Å². The fraction of sp³-hybridized carbons (Fsp3) is 0.909. The highest BCUT2D eigenvalue weighted by atomic mass is 19.4. The molecule has 8 heteroatoms. The molecule has 0 saturated carbocycles. The lowest BCUT2D eigenvalue weighted by Crippen LogP contribution is -2.42. The Hall–Kier alpha value is -0.920. The van der Waals surface area contributed by atoms with E-state index in [-0.39, 0.29) is 0 Å². The Morgan fingerprint density at radius 1 is 1.16 bits per heavy atom. The first-order chi connectivity index (χ1) is 8.33. The zero-order valence-corrected chi connectivity index (χ0v) is 11.1. The van der Waals surface area contributed by atoms with Gasteiger partial charge in [0.2, 0.25) is 0 Å². The summed E-state index contributed by atoms with van der Waals surface area (Å²) < 4.78 is 69.5. The lowest BCUT2D eigenvalue weighted by atomic mass is 9.91. The fourth-order valence-electron chi connectivity index (χ4n) is 0.792. The zero-order chi connectivity index (χ0) is 15.5. The van der Waals surface area contributed by atoms with Gasteiger partial charge in [0.25, 0.3) is 0 Å². The van der Waals surface area contributed by atoms with Gasteiger partial charge in [-0.2, -0.15) is 22.0 Å². The van der Waals surface area contributed by atoms with Gasteiger partial charge in [-0.1, -0.05) is 6.92 Å². The van der Waals surface area contributed by atoms with Gasteiger partial charge in [-0.25, -0.2) is 0 Å². The maximum atomic E-state index is 12.5. The van der Waals surface area contributed by atoms with Gasteiger partial charge in [-0.3, -0.25) is 4.79 Å². The van der Waals surface area contributed by atoms with Gasteiger partial charge < -0.3 is 9.47 Å². The molecule has 0 fully saturated rings. The summed E-state index contributed by atoms with van der Waals surface area (Å²) in [6.07, 6.45) is -6.75. The minimum Gasteiger partial charge on any atom is -0.436 e. The average Bonchev–Trinajstić information content (AvgIpc) is 2.24. The van der Waals surface area contributed by atoms with Gasteiger partial charge in [0.15, 0.2) is 6.29 Å². The molecule has 0 aromatic rings. The van der Waals surface area contributed by atoms with Gasteiger partial charge in [0.1, 0.15) is 6.61 Å². The monoisotopic (exact) mass is 292 g/mol. The van der Waals surface area contributed by atoms with Crippen LogP contribution in [-0.4, -0.2) is 31.0 Å². The van der Waals surface area contributed by atoms with E-state index in [2.05, 4.69) is 9.47 Å². The Balaban J connectivity index is 4.36. The van der Waals surface area contributed by atoms with Crippen LogP contribution in [0.3, 0.4) is 0 Å². The lowest BCUT2D eigenvalue weighted by Gasteiger charge is -2.25. The van der Waals surface area contributed by atoms with E-state index in [1.165, 1.54) is 0 Å². The molecule has 0 saturated heterocycles. The van der Waals surface area contributed by atoms with Crippen LogP contribution in [-0.2, 0) is 14.3 Å². The second kappa shape index (κ2) is 6.02. The number of alkyl halides is 5. The van der Waals surface area contributed by atoms with Crippen molar-refractivity contribution in [3.8, 4) is 0 Å². The molecule has 0 aliphatic rings. The molecule has 114 valence electrons. The van der Waals surface area contributed by atoms with Crippen LogP contribution in [0.5, 0.6) is 0 Å². The SMILES string of the molecule is CCC(C)(C)C(=O)OC(C)OCC(F)(F)C(F)(F)F. The topological polar surface area (TPSA) is 35.5 Å². The predicted molar refractivity (Wildman–Crippen MR) is 56.6 cm³/mol. The molecule has 1 unspecified atom stereocenters. The minimum absolute atomic E-state index is 0.428. The van der Waals surface area contributed by atoms with E-state index in [1.54, 1.807) is 20.8 Å². The number of esters is 1. The first kappa shape index (κ1) is 18.1. The Morgan fingerprint density at radius 2 is 1.63 bits per heavy atom. The Labute approximate surface area is 108 Å². The first-order valence-corrected chi connectivity index (χ1v) is 5.60. The molecular weight excluding hydrogens is 275 g/mol. The molecule has 0 aromatic heterocycles. The van der Waals surface area contributed by atoms with E-state index < -0.39 is 36.4 Å². The summed E-state index contributed by atoms with van der Waals surface area (Å²) >= 11 is 0. The molecule has 0 heterocycles. The Morgan fingerprint density at radius 3 is 2.00 bits per heavy atom.